The summed E-state index contributed by atoms with van der Waals surface area (Å²) < 4.78 is 27.3. The number of rotatable bonds is 7. The van der Waals surface area contributed by atoms with E-state index in [1.165, 1.54) is 6.07 Å². The van der Waals surface area contributed by atoms with Gasteiger partial charge in [-0.2, -0.15) is 5.26 Å². The van der Waals surface area contributed by atoms with Gasteiger partial charge in [0, 0.05) is 75.0 Å². The first kappa shape index (κ1) is 32.0. The first-order valence-electron chi connectivity index (χ1n) is 15.1. The van der Waals surface area contributed by atoms with Crippen LogP contribution in [0.3, 0.4) is 0 Å². The van der Waals surface area contributed by atoms with Gasteiger partial charge in [0.05, 0.1) is 29.6 Å². The standard InChI is InChI=1S/C32H33ClFN9O4/c1-20-16-21(2-3-23(20)31(44)40-9-11-41(12-10-40)32(45)42-13-15-46-22(17-36)19-42)39-29-30-38-18-25(43(30)8-7-37-29)24-4-5-26(47-14-6-35)28(34)27(24)33/h2-5,7-8,16,18,22H,9-15,17,19,36H2,1H3,(H,37,39). The molecule has 15 heteroatoms. The SMILES string of the molecule is Cc1cc(Nc2nccn3c(-c4ccc(OCC#N)c(F)c4Cl)cnc23)ccc1C(=O)N1CCN(C(=O)N2CCOC(CN)C2)CC1. The molecule has 2 fully saturated rings. The summed E-state index contributed by atoms with van der Waals surface area (Å²) in [5.41, 5.74) is 9.17. The highest BCUT2D eigenvalue weighted by Crippen LogP contribution is 2.36. The van der Waals surface area contributed by atoms with Crippen molar-refractivity contribution in [2.45, 2.75) is 13.0 Å². The number of morpholine rings is 1. The maximum absolute atomic E-state index is 14.9. The molecule has 244 valence electrons. The van der Waals surface area contributed by atoms with Crippen LogP contribution >= 0.6 is 11.6 Å². The Labute approximate surface area is 275 Å². The fourth-order valence-corrected chi connectivity index (χ4v) is 6.04. The molecule has 1 atom stereocenters. The van der Waals surface area contributed by atoms with Crippen LogP contribution in [0.4, 0.5) is 20.7 Å². The number of aryl methyl sites for hydroxylation is 1. The summed E-state index contributed by atoms with van der Waals surface area (Å²) in [5.74, 6) is -0.530. The van der Waals surface area contributed by atoms with E-state index in [1.807, 2.05) is 13.0 Å². The molecule has 2 aromatic carbocycles. The summed E-state index contributed by atoms with van der Waals surface area (Å²) >= 11 is 6.35. The summed E-state index contributed by atoms with van der Waals surface area (Å²) in [6.07, 6.45) is 4.69. The lowest BCUT2D eigenvalue weighted by atomic mass is 10.1. The maximum Gasteiger partial charge on any atom is 0.320 e. The quantitative estimate of drug-likeness (QED) is 0.302. The van der Waals surface area contributed by atoms with Crippen LogP contribution in [0.1, 0.15) is 15.9 Å². The Morgan fingerprint density at radius 2 is 1.94 bits per heavy atom. The number of nitrogens with two attached hydrogens (primary N) is 1. The smallest absolute Gasteiger partial charge is 0.320 e. The molecule has 4 heterocycles. The number of aromatic nitrogens is 3. The molecule has 3 amide bonds. The lowest BCUT2D eigenvalue weighted by Gasteiger charge is -2.40. The van der Waals surface area contributed by atoms with E-state index in [1.54, 1.807) is 62.0 Å². The molecule has 0 spiro atoms. The van der Waals surface area contributed by atoms with Crippen molar-refractivity contribution in [3.05, 3.63) is 70.9 Å². The third-order valence-electron chi connectivity index (χ3n) is 8.27. The number of halogens is 2. The molecule has 13 nitrogen and oxygen atoms in total. The van der Waals surface area contributed by atoms with Crippen molar-refractivity contribution < 1.29 is 23.5 Å². The number of nitrogens with zero attached hydrogens (tertiary/aromatic N) is 7. The van der Waals surface area contributed by atoms with Gasteiger partial charge in [-0.1, -0.05) is 11.6 Å². The predicted molar refractivity (Wildman–Crippen MR) is 172 cm³/mol. The minimum absolute atomic E-state index is 0.0477. The van der Waals surface area contributed by atoms with Crippen LogP contribution < -0.4 is 15.8 Å². The van der Waals surface area contributed by atoms with Crippen LogP contribution in [0.15, 0.2) is 48.9 Å². The van der Waals surface area contributed by atoms with Crippen LogP contribution in [0.5, 0.6) is 5.75 Å². The summed E-state index contributed by atoms with van der Waals surface area (Å²) in [5, 5.41) is 11.8. The third kappa shape index (κ3) is 6.50. The maximum atomic E-state index is 14.9. The Kier molecular flexibility index (Phi) is 9.39. The predicted octanol–water partition coefficient (Wildman–Crippen LogP) is 3.68. The number of hydrogen-bond donors (Lipinski definition) is 2. The van der Waals surface area contributed by atoms with Crippen LogP contribution in [0.25, 0.3) is 16.9 Å². The zero-order valence-corrected chi connectivity index (χ0v) is 26.4. The monoisotopic (exact) mass is 661 g/mol. The van der Waals surface area contributed by atoms with Gasteiger partial charge in [-0.3, -0.25) is 9.20 Å². The van der Waals surface area contributed by atoms with Gasteiger partial charge in [-0.15, -0.1) is 0 Å². The number of fused-ring (bicyclic) bond motifs is 1. The molecule has 6 rings (SSSR count). The van der Waals surface area contributed by atoms with Crippen molar-refractivity contribution >= 4 is 40.7 Å². The van der Waals surface area contributed by atoms with Crippen molar-refractivity contribution in [3.8, 4) is 23.1 Å². The summed E-state index contributed by atoms with van der Waals surface area (Å²) in [6.45, 7) is 5.18. The first-order valence-corrected chi connectivity index (χ1v) is 15.5. The minimum Gasteiger partial charge on any atom is -0.476 e. The number of urea groups is 1. The second-order valence-electron chi connectivity index (χ2n) is 11.2. The van der Waals surface area contributed by atoms with Gasteiger partial charge in [0.15, 0.2) is 29.6 Å². The Morgan fingerprint density at radius 3 is 2.68 bits per heavy atom. The lowest BCUT2D eigenvalue weighted by Crippen LogP contribution is -2.57. The van der Waals surface area contributed by atoms with E-state index in [0.29, 0.717) is 86.4 Å². The molecule has 2 aliphatic rings. The molecule has 0 aliphatic carbocycles. The molecule has 47 heavy (non-hydrogen) atoms. The lowest BCUT2D eigenvalue weighted by molar-refractivity contribution is -0.0157. The number of carbonyl (C=O) groups excluding carboxylic acids is 2. The number of nitriles is 1. The Balaban J connectivity index is 1.13. The number of piperazine rings is 1. The van der Waals surface area contributed by atoms with Crippen molar-refractivity contribution in [1.29, 1.82) is 5.26 Å². The number of ether oxygens (including phenoxy) is 2. The molecule has 3 N–H and O–H groups in total. The number of hydrogen-bond acceptors (Lipinski definition) is 9. The Morgan fingerprint density at radius 1 is 1.15 bits per heavy atom. The van der Waals surface area contributed by atoms with Crippen molar-refractivity contribution in [2.75, 3.05) is 64.3 Å². The number of benzene rings is 2. The zero-order valence-electron chi connectivity index (χ0n) is 25.7. The summed E-state index contributed by atoms with van der Waals surface area (Å²) in [6, 6.07) is 10.2. The van der Waals surface area contributed by atoms with Gasteiger partial charge in [-0.05, 0) is 42.8 Å². The van der Waals surface area contributed by atoms with Crippen LogP contribution in [0, 0.1) is 24.1 Å². The highest BCUT2D eigenvalue weighted by molar-refractivity contribution is 6.33. The van der Waals surface area contributed by atoms with E-state index < -0.39 is 5.82 Å². The summed E-state index contributed by atoms with van der Waals surface area (Å²) in [7, 11) is 0. The van der Waals surface area contributed by atoms with E-state index >= 15 is 0 Å². The molecule has 0 radical (unpaired) electrons. The highest BCUT2D eigenvalue weighted by Gasteiger charge is 2.31. The van der Waals surface area contributed by atoms with E-state index in [4.69, 9.17) is 32.1 Å². The Bertz CT molecular complexity index is 1850. The fraction of sp³-hybridized carbons (Fsp3) is 0.344. The first-order chi connectivity index (χ1) is 22.8. The van der Waals surface area contributed by atoms with Gasteiger partial charge in [0.25, 0.3) is 5.91 Å². The van der Waals surface area contributed by atoms with Gasteiger partial charge in [-0.25, -0.2) is 19.2 Å². The highest BCUT2D eigenvalue weighted by atomic mass is 35.5. The number of imidazole rings is 1. The molecule has 0 saturated carbocycles. The van der Waals surface area contributed by atoms with Crippen molar-refractivity contribution in [2.24, 2.45) is 5.73 Å². The van der Waals surface area contributed by atoms with E-state index in [0.717, 1.165) is 5.56 Å². The van der Waals surface area contributed by atoms with E-state index in [9.17, 15) is 14.0 Å². The molecule has 0 bridgehead atoms. The van der Waals surface area contributed by atoms with Crippen LogP contribution in [0.2, 0.25) is 5.02 Å². The van der Waals surface area contributed by atoms with Crippen LogP contribution in [-0.2, 0) is 4.74 Å². The molecular weight excluding hydrogens is 629 g/mol. The second kappa shape index (κ2) is 13.8. The Hall–Kier alpha value is -4.97. The third-order valence-corrected chi connectivity index (χ3v) is 8.64. The van der Waals surface area contributed by atoms with Crippen molar-refractivity contribution in [3.63, 3.8) is 0 Å². The van der Waals surface area contributed by atoms with Crippen LogP contribution in [-0.4, -0.2) is 106 Å². The van der Waals surface area contributed by atoms with Gasteiger partial charge >= 0.3 is 6.03 Å². The average Bonchev–Trinajstić information content (AvgIpc) is 3.53. The van der Waals surface area contributed by atoms with Gasteiger partial charge in [0.1, 0.15) is 6.07 Å². The molecule has 1 unspecified atom stereocenters. The topological polar surface area (TPSA) is 154 Å². The van der Waals surface area contributed by atoms with Crippen molar-refractivity contribution in [1.82, 2.24) is 29.1 Å². The molecule has 2 aromatic heterocycles. The molecule has 2 aliphatic heterocycles. The molecule has 2 saturated heterocycles. The normalized spacial score (nSPS) is 16.7. The van der Waals surface area contributed by atoms with E-state index in [2.05, 4.69) is 15.3 Å². The van der Waals surface area contributed by atoms with Gasteiger partial charge in [0.2, 0.25) is 0 Å². The number of nitrogens with one attached hydrogen (secondary N) is 1. The molecular formula is C32H33ClFN9O4. The number of carbonyl (C=O) groups is 2. The van der Waals surface area contributed by atoms with Gasteiger partial charge < -0.3 is 35.2 Å². The number of amides is 3. The average molecular weight is 662 g/mol. The van der Waals surface area contributed by atoms with E-state index in [-0.39, 0.29) is 35.4 Å². The minimum atomic E-state index is -0.767. The summed E-state index contributed by atoms with van der Waals surface area (Å²) in [4.78, 5) is 40.8. The number of anilines is 2. The largest absolute Gasteiger partial charge is 0.476 e. The fourth-order valence-electron chi connectivity index (χ4n) is 5.78. The molecule has 4 aromatic rings. The second-order valence-corrected chi connectivity index (χ2v) is 11.6. The zero-order chi connectivity index (χ0) is 33.1.